The summed E-state index contributed by atoms with van der Waals surface area (Å²) < 4.78 is 11.3. The first-order valence-corrected chi connectivity index (χ1v) is 6.37. The second-order valence-corrected chi connectivity index (χ2v) is 4.57. The van der Waals surface area contributed by atoms with Gasteiger partial charge in [0, 0.05) is 0 Å². The lowest BCUT2D eigenvalue weighted by Gasteiger charge is -2.14. The Kier molecular flexibility index (Phi) is 6.11. The molecule has 18 heavy (non-hydrogen) atoms. The summed E-state index contributed by atoms with van der Waals surface area (Å²) in [5, 5.41) is 0. The third kappa shape index (κ3) is 4.64. The van der Waals surface area contributed by atoms with Crippen LogP contribution < -0.4 is 16.2 Å². The maximum atomic E-state index is 10.5. The Balaban J connectivity index is 2.60. The fraction of sp³-hybridized carbons (Fsp3) is 0.417. The summed E-state index contributed by atoms with van der Waals surface area (Å²) in [5.74, 6) is 0.265. The minimum absolute atomic E-state index is 0.119. The highest BCUT2D eigenvalue weighted by Gasteiger charge is 2.10. The summed E-state index contributed by atoms with van der Waals surface area (Å²) in [6, 6.07) is 5.28. The van der Waals surface area contributed by atoms with Gasteiger partial charge >= 0.3 is 0 Å². The Hall–Kier alpha value is -1.11. The molecular weight excluding hydrogens is 300 g/mol. The van der Waals surface area contributed by atoms with Crippen LogP contribution in [-0.2, 0) is 9.53 Å². The average molecular weight is 317 g/mol. The lowest BCUT2D eigenvalue weighted by atomic mass is 10.1. The van der Waals surface area contributed by atoms with Gasteiger partial charge in [-0.15, -0.1) is 0 Å². The van der Waals surface area contributed by atoms with Crippen molar-refractivity contribution in [2.24, 2.45) is 11.5 Å². The predicted octanol–water partition coefficient (Wildman–Crippen LogP) is 1.35. The van der Waals surface area contributed by atoms with Gasteiger partial charge in [-0.1, -0.05) is 6.07 Å². The van der Waals surface area contributed by atoms with Crippen LogP contribution in [0.25, 0.3) is 0 Å². The molecular formula is C12H17BrN2O3. The van der Waals surface area contributed by atoms with Gasteiger partial charge in [0.25, 0.3) is 0 Å². The lowest BCUT2D eigenvalue weighted by Crippen LogP contribution is -2.23. The number of carbonyl (C=O) groups excluding carboxylic acids is 1. The highest BCUT2D eigenvalue weighted by atomic mass is 79.9. The first-order valence-electron chi connectivity index (χ1n) is 5.58. The predicted molar refractivity (Wildman–Crippen MR) is 72.3 cm³/mol. The number of halogens is 1. The molecule has 0 spiro atoms. The number of nitrogens with two attached hydrogens (primary N) is 2. The molecule has 0 aliphatic heterocycles. The highest BCUT2D eigenvalue weighted by Crippen LogP contribution is 2.27. The summed E-state index contributed by atoms with van der Waals surface area (Å²) in [6.45, 7) is 2.64. The molecule has 0 heterocycles. The Labute approximate surface area is 115 Å². The van der Waals surface area contributed by atoms with Gasteiger partial charge in [-0.25, -0.2) is 0 Å². The molecule has 6 heteroatoms. The van der Waals surface area contributed by atoms with Crippen LogP contribution in [0.5, 0.6) is 5.75 Å². The molecule has 0 saturated carbocycles. The smallest absolute Gasteiger partial charge is 0.243 e. The van der Waals surface area contributed by atoms with E-state index in [-0.39, 0.29) is 19.3 Å². The molecule has 0 fully saturated rings. The van der Waals surface area contributed by atoms with Crippen LogP contribution in [0.4, 0.5) is 0 Å². The van der Waals surface area contributed by atoms with E-state index in [1.807, 2.05) is 25.1 Å². The molecule has 5 nitrogen and oxygen atoms in total. The molecule has 1 atom stereocenters. The molecule has 0 saturated heterocycles. The number of rotatable bonds is 7. The number of amides is 1. The lowest BCUT2D eigenvalue weighted by molar-refractivity contribution is -0.122. The molecule has 1 rings (SSSR count). The van der Waals surface area contributed by atoms with Gasteiger partial charge in [0.05, 0.1) is 23.7 Å². The van der Waals surface area contributed by atoms with E-state index < -0.39 is 5.91 Å². The molecule has 100 valence electrons. The first kappa shape index (κ1) is 14.9. The zero-order chi connectivity index (χ0) is 13.5. The van der Waals surface area contributed by atoms with Crippen molar-refractivity contribution in [1.82, 2.24) is 0 Å². The van der Waals surface area contributed by atoms with E-state index in [2.05, 4.69) is 15.9 Å². The van der Waals surface area contributed by atoms with E-state index in [0.717, 1.165) is 15.8 Å². The minimum Gasteiger partial charge on any atom is -0.493 e. The van der Waals surface area contributed by atoms with Crippen LogP contribution >= 0.6 is 15.9 Å². The van der Waals surface area contributed by atoms with E-state index in [4.69, 9.17) is 20.9 Å². The summed E-state index contributed by atoms with van der Waals surface area (Å²) in [4.78, 5) is 10.5. The maximum Gasteiger partial charge on any atom is 0.243 e. The molecule has 4 N–H and O–H groups in total. The monoisotopic (exact) mass is 316 g/mol. The standard InChI is InChI=1S/C12H17BrN2O3/c1-2-18-11-4-3-8(5-9(11)13)10(14)6-17-7-12(15)16/h3-5,10H,2,6-7,14H2,1H3,(H2,15,16). The molecule has 1 aromatic carbocycles. The molecule has 1 unspecified atom stereocenters. The zero-order valence-corrected chi connectivity index (χ0v) is 11.8. The SMILES string of the molecule is CCOc1ccc(C(N)COCC(N)=O)cc1Br. The van der Waals surface area contributed by atoms with E-state index in [9.17, 15) is 4.79 Å². The van der Waals surface area contributed by atoms with Crippen molar-refractivity contribution in [3.05, 3.63) is 28.2 Å². The number of ether oxygens (including phenoxy) is 2. The Morgan fingerprint density at radius 2 is 2.22 bits per heavy atom. The van der Waals surface area contributed by atoms with Gasteiger partial charge in [-0.2, -0.15) is 0 Å². The summed E-state index contributed by atoms with van der Waals surface area (Å²) in [7, 11) is 0. The van der Waals surface area contributed by atoms with Gasteiger partial charge in [-0.3, -0.25) is 4.79 Å². The molecule has 1 aromatic rings. The van der Waals surface area contributed by atoms with Crippen molar-refractivity contribution in [2.45, 2.75) is 13.0 Å². The largest absolute Gasteiger partial charge is 0.493 e. The van der Waals surface area contributed by atoms with Crippen molar-refractivity contribution in [2.75, 3.05) is 19.8 Å². The van der Waals surface area contributed by atoms with Crippen molar-refractivity contribution < 1.29 is 14.3 Å². The molecule has 1 amide bonds. The Bertz CT molecular complexity index is 412. The minimum atomic E-state index is -0.505. The van der Waals surface area contributed by atoms with Gasteiger partial charge in [0.1, 0.15) is 12.4 Å². The first-order chi connectivity index (χ1) is 8.54. The van der Waals surface area contributed by atoms with Crippen LogP contribution in [0.15, 0.2) is 22.7 Å². The molecule has 0 aliphatic rings. The normalized spacial score (nSPS) is 12.2. The summed E-state index contributed by atoms with van der Waals surface area (Å²) >= 11 is 3.41. The van der Waals surface area contributed by atoms with Crippen molar-refractivity contribution >= 4 is 21.8 Å². The van der Waals surface area contributed by atoms with Gasteiger partial charge in [0.15, 0.2) is 0 Å². The van der Waals surface area contributed by atoms with Crippen molar-refractivity contribution in [1.29, 1.82) is 0 Å². The average Bonchev–Trinajstić information content (AvgIpc) is 2.31. The Morgan fingerprint density at radius 1 is 1.50 bits per heavy atom. The van der Waals surface area contributed by atoms with Crippen LogP contribution in [0, 0.1) is 0 Å². The molecule has 0 aliphatic carbocycles. The zero-order valence-electron chi connectivity index (χ0n) is 10.2. The topological polar surface area (TPSA) is 87.6 Å². The number of carbonyl (C=O) groups is 1. The molecule has 0 radical (unpaired) electrons. The van der Waals surface area contributed by atoms with Crippen molar-refractivity contribution in [3.8, 4) is 5.75 Å². The molecule has 0 aromatic heterocycles. The fourth-order valence-corrected chi connectivity index (χ4v) is 1.91. The second kappa shape index (κ2) is 7.35. The highest BCUT2D eigenvalue weighted by molar-refractivity contribution is 9.10. The maximum absolute atomic E-state index is 10.5. The van der Waals surface area contributed by atoms with Gasteiger partial charge in [0.2, 0.25) is 5.91 Å². The van der Waals surface area contributed by atoms with Crippen LogP contribution in [0.2, 0.25) is 0 Å². The summed E-state index contributed by atoms with van der Waals surface area (Å²) in [5.41, 5.74) is 11.8. The van der Waals surface area contributed by atoms with Crippen LogP contribution in [0.3, 0.4) is 0 Å². The number of primary amides is 1. The van der Waals surface area contributed by atoms with Crippen LogP contribution in [0.1, 0.15) is 18.5 Å². The quantitative estimate of drug-likeness (QED) is 0.794. The Morgan fingerprint density at radius 3 is 2.78 bits per heavy atom. The van der Waals surface area contributed by atoms with E-state index >= 15 is 0 Å². The second-order valence-electron chi connectivity index (χ2n) is 3.71. The third-order valence-electron chi connectivity index (χ3n) is 2.23. The summed E-state index contributed by atoms with van der Waals surface area (Å²) in [6.07, 6.45) is 0. The molecule has 0 bridgehead atoms. The van der Waals surface area contributed by atoms with Gasteiger partial charge < -0.3 is 20.9 Å². The number of hydrogen-bond acceptors (Lipinski definition) is 4. The number of benzene rings is 1. The van der Waals surface area contributed by atoms with Crippen LogP contribution in [-0.4, -0.2) is 25.7 Å². The fourth-order valence-electron chi connectivity index (χ4n) is 1.40. The van der Waals surface area contributed by atoms with E-state index in [1.165, 1.54) is 0 Å². The number of hydrogen-bond donors (Lipinski definition) is 2. The van der Waals surface area contributed by atoms with E-state index in [0.29, 0.717) is 6.61 Å². The third-order valence-corrected chi connectivity index (χ3v) is 2.85. The van der Waals surface area contributed by atoms with E-state index in [1.54, 1.807) is 0 Å². The van der Waals surface area contributed by atoms with Gasteiger partial charge in [-0.05, 0) is 40.5 Å². The van der Waals surface area contributed by atoms with Crippen molar-refractivity contribution in [3.63, 3.8) is 0 Å².